The fraction of sp³-hybridized carbons (Fsp3) is 0. The highest BCUT2D eigenvalue weighted by molar-refractivity contribution is 5.89. The molecular weight excluding hydrogens is 194 g/mol. The monoisotopic (exact) mass is 199 g/mol. The number of para-hydroxylation sites is 1. The van der Waals surface area contributed by atoms with Gasteiger partial charge in [0.05, 0.1) is 6.20 Å². The first kappa shape index (κ1) is 8.05. The Morgan fingerprint density at radius 2 is 2.07 bits per heavy atom. The second-order valence-electron chi connectivity index (χ2n) is 3.06. The Kier molecular flexibility index (Phi) is 1.53. The van der Waals surface area contributed by atoms with E-state index < -0.39 is 0 Å². The van der Waals surface area contributed by atoms with Crippen molar-refractivity contribution >= 4 is 11.0 Å². The second-order valence-corrected chi connectivity index (χ2v) is 3.06. The van der Waals surface area contributed by atoms with E-state index in [1.165, 1.54) is 0 Å². The summed E-state index contributed by atoms with van der Waals surface area (Å²) in [4.78, 5) is 18.8. The van der Waals surface area contributed by atoms with E-state index in [-0.39, 0.29) is 5.56 Å². The van der Waals surface area contributed by atoms with Gasteiger partial charge in [-0.1, -0.05) is 17.3 Å². The summed E-state index contributed by atoms with van der Waals surface area (Å²) in [6.45, 7) is 0. The summed E-state index contributed by atoms with van der Waals surface area (Å²) in [6.07, 6.45) is 1.12. The molecule has 2 heterocycles. The SMILES string of the molecule is O=c1cnc2noc3ccccc3c-2n1. The van der Waals surface area contributed by atoms with E-state index in [4.69, 9.17) is 4.52 Å². The molecule has 0 amide bonds. The molecule has 0 N–H and O–H groups in total. The zero-order valence-corrected chi connectivity index (χ0v) is 7.54. The molecule has 0 bridgehead atoms. The second kappa shape index (κ2) is 2.84. The van der Waals surface area contributed by atoms with Gasteiger partial charge in [0, 0.05) is 5.39 Å². The van der Waals surface area contributed by atoms with Crippen LogP contribution in [0.1, 0.15) is 0 Å². The number of rotatable bonds is 0. The molecule has 2 aliphatic heterocycles. The predicted octanol–water partition coefficient (Wildman–Crippen LogP) is 1.08. The summed E-state index contributed by atoms with van der Waals surface area (Å²) in [6, 6.07) is 7.25. The summed E-state index contributed by atoms with van der Waals surface area (Å²) in [5, 5.41) is 4.51. The number of fused-ring (bicyclic) bond motifs is 3. The Morgan fingerprint density at radius 3 is 3.00 bits per heavy atom. The van der Waals surface area contributed by atoms with Gasteiger partial charge in [-0.25, -0.2) is 9.97 Å². The molecule has 5 heteroatoms. The molecule has 2 aliphatic rings. The lowest BCUT2D eigenvalue weighted by Crippen LogP contribution is -2.09. The fourth-order valence-electron chi connectivity index (χ4n) is 1.45. The minimum absolute atomic E-state index is 0.341. The maximum Gasteiger partial charge on any atom is 0.288 e. The van der Waals surface area contributed by atoms with Crippen molar-refractivity contribution in [3.63, 3.8) is 0 Å². The largest absolute Gasteiger partial charge is 0.354 e. The highest BCUT2D eigenvalue weighted by Crippen LogP contribution is 2.23. The first-order chi connectivity index (χ1) is 7.34. The maximum atomic E-state index is 11.1. The number of nitrogens with zero attached hydrogens (tertiary/aromatic N) is 3. The van der Waals surface area contributed by atoms with Gasteiger partial charge >= 0.3 is 0 Å². The van der Waals surface area contributed by atoms with Crippen molar-refractivity contribution in [3.05, 3.63) is 40.8 Å². The van der Waals surface area contributed by atoms with Gasteiger partial charge < -0.3 is 4.52 Å². The number of aromatic nitrogens is 3. The summed E-state index contributed by atoms with van der Waals surface area (Å²) in [5.74, 6) is 0.341. The molecule has 0 saturated carbocycles. The molecule has 3 rings (SSSR count). The molecule has 0 radical (unpaired) electrons. The maximum absolute atomic E-state index is 11.1. The molecule has 5 nitrogen and oxygen atoms in total. The van der Waals surface area contributed by atoms with Crippen LogP contribution >= 0.6 is 0 Å². The van der Waals surface area contributed by atoms with E-state index in [2.05, 4.69) is 15.1 Å². The number of benzene rings is 1. The Labute approximate surface area is 83.7 Å². The van der Waals surface area contributed by atoms with Crippen LogP contribution in [0.3, 0.4) is 0 Å². The van der Waals surface area contributed by atoms with Crippen LogP contribution < -0.4 is 5.56 Å². The van der Waals surface area contributed by atoms with E-state index in [1.807, 2.05) is 18.2 Å². The third kappa shape index (κ3) is 1.17. The van der Waals surface area contributed by atoms with Crippen molar-refractivity contribution in [1.82, 2.24) is 15.1 Å². The smallest absolute Gasteiger partial charge is 0.288 e. The Balaban J connectivity index is 2.57. The molecule has 0 aromatic heterocycles. The number of hydrogen-bond acceptors (Lipinski definition) is 5. The lowest BCUT2D eigenvalue weighted by molar-refractivity contribution is 0.441. The van der Waals surface area contributed by atoms with Crippen LogP contribution in [0.5, 0.6) is 0 Å². The van der Waals surface area contributed by atoms with Crippen molar-refractivity contribution in [2.75, 3.05) is 0 Å². The zero-order chi connectivity index (χ0) is 10.3. The van der Waals surface area contributed by atoms with Gasteiger partial charge in [-0.05, 0) is 12.1 Å². The summed E-state index contributed by atoms with van der Waals surface area (Å²) >= 11 is 0. The summed E-state index contributed by atoms with van der Waals surface area (Å²) in [7, 11) is 0. The predicted molar refractivity (Wildman–Crippen MR) is 52.5 cm³/mol. The fourth-order valence-corrected chi connectivity index (χ4v) is 1.45. The third-order valence-electron chi connectivity index (χ3n) is 2.10. The Morgan fingerprint density at radius 1 is 1.20 bits per heavy atom. The molecule has 0 spiro atoms. The summed E-state index contributed by atoms with van der Waals surface area (Å²) in [5.41, 5.74) is 0.690. The van der Waals surface area contributed by atoms with Gasteiger partial charge in [0.1, 0.15) is 5.69 Å². The summed E-state index contributed by atoms with van der Waals surface area (Å²) < 4.78 is 5.11. The number of hydrogen-bond donors (Lipinski definition) is 0. The molecule has 1 aromatic rings. The lowest BCUT2D eigenvalue weighted by atomic mass is 10.2. The molecule has 0 saturated heterocycles. The van der Waals surface area contributed by atoms with Gasteiger partial charge in [-0.15, -0.1) is 0 Å². The molecule has 0 fully saturated rings. The zero-order valence-electron chi connectivity index (χ0n) is 7.54. The van der Waals surface area contributed by atoms with Crippen molar-refractivity contribution in [1.29, 1.82) is 0 Å². The average molecular weight is 199 g/mol. The topological polar surface area (TPSA) is 68.9 Å². The van der Waals surface area contributed by atoms with E-state index in [0.29, 0.717) is 17.1 Å². The van der Waals surface area contributed by atoms with Crippen molar-refractivity contribution in [2.45, 2.75) is 0 Å². The van der Waals surface area contributed by atoms with Gasteiger partial charge in [-0.2, -0.15) is 0 Å². The van der Waals surface area contributed by atoms with E-state index >= 15 is 0 Å². The molecule has 0 atom stereocenters. The van der Waals surface area contributed by atoms with Crippen molar-refractivity contribution < 1.29 is 4.52 Å². The van der Waals surface area contributed by atoms with Crippen LogP contribution in [0.2, 0.25) is 0 Å². The van der Waals surface area contributed by atoms with Gasteiger partial charge in [-0.3, -0.25) is 4.79 Å². The highest BCUT2D eigenvalue weighted by atomic mass is 16.5. The first-order valence-electron chi connectivity index (χ1n) is 4.36. The molecule has 72 valence electrons. The minimum Gasteiger partial charge on any atom is -0.354 e. The standard InChI is InChI=1S/C10H5N3O2/c14-8-5-11-10-9(12-8)6-3-1-2-4-7(6)15-13-10/h1-5H. The van der Waals surface area contributed by atoms with Crippen molar-refractivity contribution in [2.24, 2.45) is 0 Å². The minimum atomic E-state index is -0.374. The highest BCUT2D eigenvalue weighted by Gasteiger charge is 2.12. The molecule has 15 heavy (non-hydrogen) atoms. The molecule has 1 aromatic carbocycles. The Hall–Kier alpha value is -2.30. The Bertz CT molecular complexity index is 662. The van der Waals surface area contributed by atoms with Gasteiger partial charge in [0.2, 0.25) is 5.82 Å². The van der Waals surface area contributed by atoms with Crippen LogP contribution in [-0.2, 0) is 0 Å². The normalized spacial score (nSPS) is 10.9. The first-order valence-corrected chi connectivity index (χ1v) is 4.36. The quantitative estimate of drug-likeness (QED) is 0.507. The van der Waals surface area contributed by atoms with Crippen LogP contribution in [0.25, 0.3) is 22.5 Å². The van der Waals surface area contributed by atoms with Crippen LogP contribution in [0, 0.1) is 0 Å². The van der Waals surface area contributed by atoms with E-state index in [0.717, 1.165) is 11.6 Å². The van der Waals surface area contributed by atoms with E-state index in [1.54, 1.807) is 6.07 Å². The molecular formula is C10H5N3O2. The van der Waals surface area contributed by atoms with Crippen LogP contribution in [0.15, 0.2) is 39.8 Å². The molecule has 0 unspecified atom stereocenters. The van der Waals surface area contributed by atoms with Gasteiger partial charge in [0.25, 0.3) is 5.56 Å². The van der Waals surface area contributed by atoms with E-state index in [9.17, 15) is 4.79 Å². The van der Waals surface area contributed by atoms with Crippen molar-refractivity contribution in [3.8, 4) is 11.5 Å². The average Bonchev–Trinajstić information content (AvgIpc) is 2.29. The van der Waals surface area contributed by atoms with Crippen LogP contribution in [0.4, 0.5) is 0 Å². The lowest BCUT2D eigenvalue weighted by Gasteiger charge is -2.02. The molecule has 0 aliphatic carbocycles. The van der Waals surface area contributed by atoms with Gasteiger partial charge in [0.15, 0.2) is 5.58 Å². The van der Waals surface area contributed by atoms with Crippen LogP contribution in [-0.4, -0.2) is 15.1 Å². The third-order valence-corrected chi connectivity index (χ3v) is 2.10.